The second kappa shape index (κ2) is 9.77. The van der Waals surface area contributed by atoms with Gasteiger partial charge in [-0.25, -0.2) is 4.98 Å². The average molecular weight is 507 g/mol. The smallest absolute Gasteiger partial charge is 0.307 e. The first-order valence-corrected chi connectivity index (χ1v) is 12.0. The molecule has 5 aromatic rings. The normalized spacial score (nSPS) is 11.1. The van der Waals surface area contributed by atoms with Gasteiger partial charge in [0.2, 0.25) is 5.82 Å². The van der Waals surface area contributed by atoms with Crippen molar-refractivity contribution in [3.63, 3.8) is 0 Å². The average Bonchev–Trinajstić information content (AvgIpc) is 3.55. The Morgan fingerprint density at radius 3 is 2.69 bits per heavy atom. The van der Waals surface area contributed by atoms with Gasteiger partial charge in [0.25, 0.3) is 5.56 Å². The van der Waals surface area contributed by atoms with Gasteiger partial charge in [-0.2, -0.15) is 5.21 Å². The third-order valence-corrected chi connectivity index (χ3v) is 6.64. The summed E-state index contributed by atoms with van der Waals surface area (Å²) >= 11 is 7.47. The fourth-order valence-corrected chi connectivity index (χ4v) is 4.90. The van der Waals surface area contributed by atoms with E-state index in [1.807, 2.05) is 42.5 Å². The van der Waals surface area contributed by atoms with Crippen LogP contribution in [0.15, 0.2) is 59.4 Å². The van der Waals surface area contributed by atoms with Gasteiger partial charge in [0.05, 0.1) is 33.1 Å². The highest BCUT2D eigenvalue weighted by molar-refractivity contribution is 7.19. The molecule has 3 heterocycles. The molecule has 0 aliphatic heterocycles. The first kappa shape index (κ1) is 22.9. The highest BCUT2D eigenvalue weighted by Crippen LogP contribution is 2.33. The Labute approximate surface area is 208 Å². The van der Waals surface area contributed by atoms with Crippen molar-refractivity contribution in [3.8, 4) is 33.2 Å². The molecule has 0 amide bonds. The molecule has 0 fully saturated rings. The summed E-state index contributed by atoms with van der Waals surface area (Å²) in [4.78, 5) is 31.2. The maximum Gasteiger partial charge on any atom is 0.307 e. The summed E-state index contributed by atoms with van der Waals surface area (Å²) in [6.07, 6.45) is 0.0490. The molecule has 0 saturated carbocycles. The van der Waals surface area contributed by atoms with Gasteiger partial charge in [0.1, 0.15) is 0 Å². The van der Waals surface area contributed by atoms with E-state index in [9.17, 15) is 9.59 Å². The van der Waals surface area contributed by atoms with Crippen molar-refractivity contribution >= 4 is 39.8 Å². The zero-order valence-electron chi connectivity index (χ0n) is 18.6. The number of carbonyl (C=O) groups excluding carboxylic acids is 1. The molecule has 1 N–H and O–H groups in total. The van der Waals surface area contributed by atoms with E-state index in [0.29, 0.717) is 26.9 Å². The SMILES string of the molecule is CCOC(=O)CCn1c(-c2ccc(Cl)s2)nc2ccc(-c3ccccc3-c3nn[nH]n3)cc2c1=O. The van der Waals surface area contributed by atoms with Gasteiger partial charge in [-0.1, -0.05) is 41.9 Å². The Morgan fingerprint density at radius 2 is 1.97 bits per heavy atom. The number of aromatic amines is 1. The molecule has 35 heavy (non-hydrogen) atoms. The second-order valence-electron chi connectivity index (χ2n) is 7.56. The number of H-pyrrole nitrogens is 1. The van der Waals surface area contributed by atoms with Gasteiger partial charge in [-0.05, 0) is 47.5 Å². The Hall–Kier alpha value is -3.89. The number of benzene rings is 2. The van der Waals surface area contributed by atoms with Crippen LogP contribution in [-0.2, 0) is 16.1 Å². The number of hydrogen-bond donors (Lipinski definition) is 1. The van der Waals surface area contributed by atoms with Crippen LogP contribution in [0.3, 0.4) is 0 Å². The van der Waals surface area contributed by atoms with Crippen molar-refractivity contribution in [3.05, 3.63) is 69.3 Å². The van der Waals surface area contributed by atoms with E-state index in [1.165, 1.54) is 15.9 Å². The molecular formula is C24H19ClN6O3S. The van der Waals surface area contributed by atoms with Crippen LogP contribution in [0.2, 0.25) is 4.34 Å². The van der Waals surface area contributed by atoms with Crippen LogP contribution in [0.1, 0.15) is 13.3 Å². The third-order valence-electron chi connectivity index (χ3n) is 5.42. The van der Waals surface area contributed by atoms with Gasteiger partial charge in [-0.15, -0.1) is 21.5 Å². The molecule has 5 rings (SSSR count). The summed E-state index contributed by atoms with van der Waals surface area (Å²) < 4.78 is 7.15. The maximum absolute atomic E-state index is 13.7. The van der Waals surface area contributed by atoms with Crippen molar-refractivity contribution in [1.29, 1.82) is 0 Å². The van der Waals surface area contributed by atoms with E-state index >= 15 is 0 Å². The van der Waals surface area contributed by atoms with Crippen LogP contribution >= 0.6 is 22.9 Å². The zero-order valence-corrected chi connectivity index (χ0v) is 20.1. The largest absolute Gasteiger partial charge is 0.466 e. The van der Waals surface area contributed by atoms with Gasteiger partial charge < -0.3 is 4.74 Å². The lowest BCUT2D eigenvalue weighted by atomic mass is 9.98. The number of esters is 1. The Morgan fingerprint density at radius 1 is 1.14 bits per heavy atom. The topological polar surface area (TPSA) is 116 Å². The van der Waals surface area contributed by atoms with E-state index in [4.69, 9.17) is 21.3 Å². The lowest BCUT2D eigenvalue weighted by molar-refractivity contribution is -0.143. The molecular weight excluding hydrogens is 488 g/mol. The predicted molar refractivity (Wildman–Crippen MR) is 134 cm³/mol. The van der Waals surface area contributed by atoms with Crippen LogP contribution in [-0.4, -0.2) is 42.8 Å². The second-order valence-corrected chi connectivity index (χ2v) is 9.28. The quantitative estimate of drug-likeness (QED) is 0.321. The van der Waals surface area contributed by atoms with Crippen LogP contribution < -0.4 is 5.56 Å². The minimum Gasteiger partial charge on any atom is -0.466 e. The number of thiophene rings is 1. The van der Waals surface area contributed by atoms with Gasteiger partial charge in [0, 0.05) is 12.1 Å². The van der Waals surface area contributed by atoms with E-state index < -0.39 is 0 Å². The Balaban J connectivity index is 1.66. The number of rotatable bonds is 7. The van der Waals surface area contributed by atoms with Crippen molar-refractivity contribution in [2.75, 3.05) is 6.61 Å². The summed E-state index contributed by atoms with van der Waals surface area (Å²) in [6, 6.07) is 16.7. The standard InChI is InChI=1S/C24H19ClN6O3S/c1-2-34-21(32)11-12-31-23(19-9-10-20(25)35-19)26-18-8-7-14(13-17(18)24(31)33)15-5-3-4-6-16(15)22-27-29-30-28-22/h3-10,13H,2,11-12H2,1H3,(H,27,28,29,30). The molecule has 0 aliphatic carbocycles. The molecule has 0 aliphatic rings. The first-order valence-electron chi connectivity index (χ1n) is 10.8. The summed E-state index contributed by atoms with van der Waals surface area (Å²) in [5, 5.41) is 14.7. The third kappa shape index (κ3) is 4.58. The van der Waals surface area contributed by atoms with Gasteiger partial charge in [-0.3, -0.25) is 14.2 Å². The van der Waals surface area contributed by atoms with E-state index in [1.54, 1.807) is 19.1 Å². The number of aromatic nitrogens is 6. The van der Waals surface area contributed by atoms with Crippen LogP contribution in [0.4, 0.5) is 0 Å². The van der Waals surface area contributed by atoms with Crippen LogP contribution in [0.25, 0.3) is 44.1 Å². The highest BCUT2D eigenvalue weighted by Gasteiger charge is 2.18. The molecule has 0 radical (unpaired) electrons. The number of tetrazole rings is 1. The molecule has 0 bridgehead atoms. The minimum absolute atomic E-state index is 0.0490. The number of halogens is 1. The summed E-state index contributed by atoms with van der Waals surface area (Å²) in [7, 11) is 0. The molecule has 11 heteroatoms. The van der Waals surface area contributed by atoms with Crippen LogP contribution in [0.5, 0.6) is 0 Å². The van der Waals surface area contributed by atoms with Crippen molar-refractivity contribution in [1.82, 2.24) is 30.2 Å². The number of fused-ring (bicyclic) bond motifs is 1. The molecule has 0 atom stereocenters. The van der Waals surface area contributed by atoms with Crippen molar-refractivity contribution in [2.24, 2.45) is 0 Å². The molecule has 2 aromatic carbocycles. The number of nitrogens with one attached hydrogen (secondary N) is 1. The fourth-order valence-electron chi connectivity index (χ4n) is 3.86. The maximum atomic E-state index is 13.7. The fraction of sp³-hybridized carbons (Fsp3) is 0.167. The monoisotopic (exact) mass is 506 g/mol. The molecule has 0 spiro atoms. The zero-order chi connectivity index (χ0) is 24.4. The van der Waals surface area contributed by atoms with E-state index in [-0.39, 0.29) is 31.1 Å². The molecule has 176 valence electrons. The minimum atomic E-state index is -0.377. The summed E-state index contributed by atoms with van der Waals surface area (Å²) in [6.45, 7) is 2.16. The summed E-state index contributed by atoms with van der Waals surface area (Å²) in [5.74, 6) is 0.539. The van der Waals surface area contributed by atoms with Crippen molar-refractivity contribution < 1.29 is 9.53 Å². The van der Waals surface area contributed by atoms with Gasteiger partial charge >= 0.3 is 5.97 Å². The van der Waals surface area contributed by atoms with Gasteiger partial charge in [0.15, 0.2) is 5.82 Å². The molecule has 0 saturated heterocycles. The van der Waals surface area contributed by atoms with E-state index in [2.05, 4.69) is 20.6 Å². The van der Waals surface area contributed by atoms with Crippen LogP contribution in [0, 0.1) is 0 Å². The Bertz CT molecular complexity index is 1580. The molecule has 0 unspecified atom stereocenters. The number of nitrogens with zero attached hydrogens (tertiary/aromatic N) is 5. The highest BCUT2D eigenvalue weighted by atomic mass is 35.5. The van der Waals surface area contributed by atoms with E-state index in [0.717, 1.165) is 21.6 Å². The molecule has 9 nitrogen and oxygen atoms in total. The lowest BCUT2D eigenvalue weighted by Crippen LogP contribution is -2.25. The lowest BCUT2D eigenvalue weighted by Gasteiger charge is -2.13. The number of hydrogen-bond acceptors (Lipinski definition) is 8. The summed E-state index contributed by atoms with van der Waals surface area (Å²) in [5.41, 5.74) is 2.73. The number of carbonyl (C=O) groups is 1. The number of ether oxygens (including phenoxy) is 1. The molecule has 3 aromatic heterocycles. The first-order chi connectivity index (χ1) is 17.0. The Kier molecular flexibility index (Phi) is 6.39. The predicted octanol–water partition coefficient (Wildman–Crippen LogP) is 4.58. The van der Waals surface area contributed by atoms with Crippen molar-refractivity contribution in [2.45, 2.75) is 19.9 Å².